The van der Waals surface area contributed by atoms with E-state index in [1.807, 2.05) is 0 Å². The maximum Gasteiger partial charge on any atom is 0.146 e. The molecule has 0 amide bonds. The van der Waals surface area contributed by atoms with Crippen LogP contribution in [-0.4, -0.2) is 23.1 Å². The number of nitrogens with one attached hydrogen (secondary N) is 1. The molecule has 0 fully saturated rings. The van der Waals surface area contributed by atoms with E-state index in [1.165, 1.54) is 0 Å². The summed E-state index contributed by atoms with van der Waals surface area (Å²) in [6, 6.07) is 6.53. The second kappa shape index (κ2) is 7.45. The van der Waals surface area contributed by atoms with Crippen LogP contribution in [0.4, 0.5) is 5.69 Å². The molecule has 1 aromatic rings. The van der Waals surface area contributed by atoms with Gasteiger partial charge in [0.05, 0.1) is 29.4 Å². The van der Waals surface area contributed by atoms with E-state index in [9.17, 15) is 5.11 Å². The second-order valence-electron chi connectivity index (χ2n) is 5.09. The molecule has 1 aliphatic carbocycles. The third kappa shape index (κ3) is 4.22. The molecule has 4 N–H and O–H groups in total. The highest BCUT2D eigenvalue weighted by Crippen LogP contribution is 2.20. The van der Waals surface area contributed by atoms with E-state index in [0.717, 1.165) is 19.3 Å². The summed E-state index contributed by atoms with van der Waals surface area (Å²) >= 11 is 0. The van der Waals surface area contributed by atoms with Gasteiger partial charge < -0.3 is 15.6 Å². The summed E-state index contributed by atoms with van der Waals surface area (Å²) in [6.45, 7) is 2.72. The SMILES string of the molecule is CCCCCOC1=C/C(=N/c2ccc(O)cc2)C(N)=CC1=N. The number of nitrogens with two attached hydrogens (primary N) is 1. The lowest BCUT2D eigenvalue weighted by Crippen LogP contribution is -2.19. The van der Waals surface area contributed by atoms with E-state index in [1.54, 1.807) is 36.4 Å². The monoisotopic (exact) mass is 299 g/mol. The molecule has 1 aliphatic rings. The van der Waals surface area contributed by atoms with Gasteiger partial charge in [-0.2, -0.15) is 0 Å². The Balaban J connectivity index is 2.14. The molecule has 0 aromatic heterocycles. The Morgan fingerprint density at radius 1 is 1.18 bits per heavy atom. The summed E-state index contributed by atoms with van der Waals surface area (Å²) in [6.07, 6.45) is 6.43. The molecule has 0 aliphatic heterocycles. The van der Waals surface area contributed by atoms with Gasteiger partial charge in [-0.3, -0.25) is 5.41 Å². The average molecular weight is 299 g/mol. The number of aliphatic imine (C=N–C) groups is 1. The molecule has 0 atom stereocenters. The number of unbranched alkanes of at least 4 members (excludes halogenated alkanes) is 2. The van der Waals surface area contributed by atoms with Crippen LogP contribution in [0.5, 0.6) is 5.75 Å². The van der Waals surface area contributed by atoms with Crippen molar-refractivity contribution >= 4 is 17.1 Å². The van der Waals surface area contributed by atoms with Crippen molar-refractivity contribution in [1.29, 1.82) is 5.41 Å². The van der Waals surface area contributed by atoms with E-state index in [-0.39, 0.29) is 11.5 Å². The fraction of sp³-hybridized carbons (Fsp3) is 0.294. The van der Waals surface area contributed by atoms with Crippen LogP contribution in [0.3, 0.4) is 0 Å². The van der Waals surface area contributed by atoms with Gasteiger partial charge in [0.25, 0.3) is 0 Å². The highest BCUT2D eigenvalue weighted by atomic mass is 16.5. The number of nitrogens with zero attached hydrogens (tertiary/aromatic N) is 1. The van der Waals surface area contributed by atoms with Crippen molar-refractivity contribution in [3.05, 3.63) is 47.9 Å². The summed E-state index contributed by atoms with van der Waals surface area (Å²) in [5, 5.41) is 17.2. The molecule has 22 heavy (non-hydrogen) atoms. The molecule has 0 bridgehead atoms. The molecular weight excluding hydrogens is 278 g/mol. The zero-order valence-corrected chi connectivity index (χ0v) is 12.7. The number of hydrogen-bond donors (Lipinski definition) is 3. The Morgan fingerprint density at radius 2 is 1.91 bits per heavy atom. The first-order valence-corrected chi connectivity index (χ1v) is 7.39. The van der Waals surface area contributed by atoms with Crippen molar-refractivity contribution in [2.24, 2.45) is 10.7 Å². The molecule has 5 heteroatoms. The molecular formula is C17H21N3O2. The Morgan fingerprint density at radius 3 is 2.59 bits per heavy atom. The maximum atomic E-state index is 9.29. The van der Waals surface area contributed by atoms with Gasteiger partial charge in [0, 0.05) is 6.08 Å². The minimum Gasteiger partial charge on any atom is -0.508 e. The molecule has 2 rings (SSSR count). The summed E-state index contributed by atoms with van der Waals surface area (Å²) in [5.41, 5.74) is 7.86. The highest BCUT2D eigenvalue weighted by Gasteiger charge is 2.15. The minimum absolute atomic E-state index is 0.188. The zero-order chi connectivity index (χ0) is 15.9. The first kappa shape index (κ1) is 15.8. The Kier molecular flexibility index (Phi) is 5.36. The average Bonchev–Trinajstić information content (AvgIpc) is 2.50. The largest absolute Gasteiger partial charge is 0.508 e. The van der Waals surface area contributed by atoms with Crippen molar-refractivity contribution in [1.82, 2.24) is 0 Å². The van der Waals surface area contributed by atoms with Crippen LogP contribution in [0.15, 0.2) is 52.9 Å². The lowest BCUT2D eigenvalue weighted by atomic mass is 10.1. The summed E-state index contributed by atoms with van der Waals surface area (Å²) in [7, 11) is 0. The number of ether oxygens (including phenoxy) is 1. The molecule has 1 aromatic carbocycles. The van der Waals surface area contributed by atoms with Crippen LogP contribution in [0.2, 0.25) is 0 Å². The van der Waals surface area contributed by atoms with Gasteiger partial charge in [-0.05, 0) is 36.8 Å². The van der Waals surface area contributed by atoms with Crippen molar-refractivity contribution in [3.8, 4) is 5.75 Å². The Labute approximate surface area is 130 Å². The maximum absolute atomic E-state index is 9.29. The van der Waals surface area contributed by atoms with Crippen LogP contribution in [0, 0.1) is 5.41 Å². The topological polar surface area (TPSA) is 91.7 Å². The van der Waals surface area contributed by atoms with Crippen LogP contribution in [0.25, 0.3) is 0 Å². The number of phenolic OH excluding ortho intramolecular Hbond substituents is 1. The van der Waals surface area contributed by atoms with Gasteiger partial charge in [-0.15, -0.1) is 0 Å². The van der Waals surface area contributed by atoms with Gasteiger partial charge >= 0.3 is 0 Å². The summed E-state index contributed by atoms with van der Waals surface area (Å²) in [5.74, 6) is 0.677. The quantitative estimate of drug-likeness (QED) is 0.555. The Hall–Kier alpha value is -2.56. The highest BCUT2D eigenvalue weighted by molar-refractivity contribution is 6.22. The van der Waals surface area contributed by atoms with E-state index >= 15 is 0 Å². The van der Waals surface area contributed by atoms with Crippen molar-refractivity contribution in [2.45, 2.75) is 26.2 Å². The van der Waals surface area contributed by atoms with Crippen LogP contribution in [-0.2, 0) is 4.74 Å². The fourth-order valence-electron chi connectivity index (χ4n) is 2.00. The van der Waals surface area contributed by atoms with Gasteiger partial charge in [0.1, 0.15) is 11.5 Å². The number of phenols is 1. The molecule has 0 saturated heterocycles. The van der Waals surface area contributed by atoms with Gasteiger partial charge in [-0.25, -0.2) is 4.99 Å². The van der Waals surface area contributed by atoms with E-state index in [0.29, 0.717) is 29.5 Å². The van der Waals surface area contributed by atoms with Crippen LogP contribution in [0.1, 0.15) is 26.2 Å². The number of allylic oxidation sites excluding steroid dienone is 2. The van der Waals surface area contributed by atoms with Gasteiger partial charge in [0.2, 0.25) is 0 Å². The lowest BCUT2D eigenvalue weighted by Gasteiger charge is -2.15. The van der Waals surface area contributed by atoms with Crippen molar-refractivity contribution in [2.75, 3.05) is 6.61 Å². The first-order chi connectivity index (χ1) is 10.6. The predicted molar refractivity (Wildman–Crippen MR) is 88.8 cm³/mol. The number of rotatable bonds is 6. The zero-order valence-electron chi connectivity index (χ0n) is 12.7. The Bertz CT molecular complexity index is 628. The molecule has 0 unspecified atom stereocenters. The van der Waals surface area contributed by atoms with Crippen molar-refractivity contribution in [3.63, 3.8) is 0 Å². The third-order valence-electron chi connectivity index (χ3n) is 3.23. The fourth-order valence-corrected chi connectivity index (χ4v) is 2.00. The third-order valence-corrected chi connectivity index (χ3v) is 3.23. The van der Waals surface area contributed by atoms with E-state index in [4.69, 9.17) is 15.9 Å². The first-order valence-electron chi connectivity index (χ1n) is 7.39. The second-order valence-corrected chi connectivity index (χ2v) is 5.09. The molecule has 0 radical (unpaired) electrons. The molecule has 0 spiro atoms. The van der Waals surface area contributed by atoms with Crippen LogP contribution < -0.4 is 5.73 Å². The van der Waals surface area contributed by atoms with Crippen LogP contribution >= 0.6 is 0 Å². The minimum atomic E-state index is 0.188. The summed E-state index contributed by atoms with van der Waals surface area (Å²) in [4.78, 5) is 4.43. The smallest absolute Gasteiger partial charge is 0.146 e. The molecule has 116 valence electrons. The lowest BCUT2D eigenvalue weighted by molar-refractivity contribution is 0.224. The predicted octanol–water partition coefficient (Wildman–Crippen LogP) is 3.43. The van der Waals surface area contributed by atoms with Crippen molar-refractivity contribution < 1.29 is 9.84 Å². The van der Waals surface area contributed by atoms with Gasteiger partial charge in [0.15, 0.2) is 0 Å². The summed E-state index contributed by atoms with van der Waals surface area (Å²) < 4.78 is 5.65. The number of aromatic hydroxyl groups is 1. The van der Waals surface area contributed by atoms with E-state index in [2.05, 4.69) is 11.9 Å². The number of benzene rings is 1. The molecule has 5 nitrogen and oxygen atoms in total. The number of hydrogen-bond acceptors (Lipinski definition) is 5. The molecule has 0 saturated carbocycles. The standard InChI is InChI=1S/C17H21N3O2/c1-2-3-4-9-22-17-11-16(14(18)10-15(17)19)20-12-5-7-13(21)8-6-12/h5-8,10-11,19,21H,2-4,9,18H2,1H3/b19-15?,20-16-. The van der Waals surface area contributed by atoms with E-state index < -0.39 is 0 Å². The normalized spacial score (nSPS) is 16.4. The van der Waals surface area contributed by atoms with Gasteiger partial charge in [-0.1, -0.05) is 19.8 Å². The molecule has 0 heterocycles.